The molecule has 0 unspecified atom stereocenters. The Morgan fingerprint density at radius 2 is 2.00 bits per heavy atom. The lowest BCUT2D eigenvalue weighted by Gasteiger charge is -2.08. The molecule has 27 heavy (non-hydrogen) atoms. The van der Waals surface area contributed by atoms with Crippen LogP contribution in [0.15, 0.2) is 53.6 Å². The van der Waals surface area contributed by atoms with Gasteiger partial charge in [0.25, 0.3) is 11.2 Å². The highest BCUT2D eigenvalue weighted by molar-refractivity contribution is 5.97. The summed E-state index contributed by atoms with van der Waals surface area (Å²) in [4.78, 5) is 50.5. The third-order valence-corrected chi connectivity index (χ3v) is 3.89. The molecule has 136 valence electrons. The third kappa shape index (κ3) is 3.87. The number of anilines is 1. The first-order chi connectivity index (χ1) is 12.8. The lowest BCUT2D eigenvalue weighted by atomic mass is 10.1. The van der Waals surface area contributed by atoms with Gasteiger partial charge in [0.05, 0.1) is 22.2 Å². The quantitative estimate of drug-likeness (QED) is 0.419. The largest absolute Gasteiger partial charge is 0.325 e. The molecule has 0 saturated carbocycles. The van der Waals surface area contributed by atoms with Crippen LogP contribution in [0.5, 0.6) is 0 Å². The molecule has 1 heterocycles. The van der Waals surface area contributed by atoms with E-state index in [0.29, 0.717) is 16.8 Å². The number of hydrogen-bond acceptors (Lipinski definition) is 6. The van der Waals surface area contributed by atoms with Crippen LogP contribution in [0.2, 0.25) is 0 Å². The maximum absolute atomic E-state index is 12.5. The van der Waals surface area contributed by atoms with Gasteiger partial charge >= 0.3 is 0 Å². The van der Waals surface area contributed by atoms with E-state index in [1.54, 1.807) is 18.2 Å². The van der Waals surface area contributed by atoms with Gasteiger partial charge in [0.1, 0.15) is 6.54 Å². The molecule has 0 radical (unpaired) electrons. The molecule has 0 spiro atoms. The summed E-state index contributed by atoms with van der Waals surface area (Å²) in [5, 5.41) is 13.5. The highest BCUT2D eigenvalue weighted by atomic mass is 16.6. The average Bonchev–Trinajstić information content (AvgIpc) is 2.64. The van der Waals surface area contributed by atoms with E-state index in [1.165, 1.54) is 31.5 Å². The molecule has 0 atom stereocenters. The molecule has 2 aromatic carbocycles. The molecular weight excluding hydrogens is 352 g/mol. The van der Waals surface area contributed by atoms with Crippen LogP contribution >= 0.6 is 0 Å². The number of nitro groups is 1. The smallest absolute Gasteiger partial charge is 0.270 e. The SMILES string of the molecule is CC(=O)c1cccc(NC(=O)Cn2cnc3ccc([N+](=O)[O-])cc3c2=O)c1. The van der Waals surface area contributed by atoms with Gasteiger partial charge in [-0.05, 0) is 25.1 Å². The maximum atomic E-state index is 12.5. The second kappa shape index (κ2) is 7.16. The monoisotopic (exact) mass is 366 g/mol. The number of carbonyl (C=O) groups excluding carboxylic acids is 2. The maximum Gasteiger partial charge on any atom is 0.270 e. The van der Waals surface area contributed by atoms with Crippen molar-refractivity contribution in [3.63, 3.8) is 0 Å². The predicted molar refractivity (Wildman–Crippen MR) is 97.7 cm³/mol. The number of ketones is 1. The van der Waals surface area contributed by atoms with E-state index >= 15 is 0 Å². The van der Waals surface area contributed by atoms with E-state index in [4.69, 9.17) is 0 Å². The van der Waals surface area contributed by atoms with Gasteiger partial charge in [-0.25, -0.2) is 4.98 Å². The van der Waals surface area contributed by atoms with Crippen molar-refractivity contribution in [3.05, 3.63) is 74.8 Å². The molecule has 0 aliphatic carbocycles. The number of hydrogen-bond donors (Lipinski definition) is 1. The van der Waals surface area contributed by atoms with E-state index in [9.17, 15) is 24.5 Å². The summed E-state index contributed by atoms with van der Waals surface area (Å²) in [7, 11) is 0. The molecule has 0 fully saturated rings. The van der Waals surface area contributed by atoms with Gasteiger partial charge in [0.15, 0.2) is 5.78 Å². The Labute approximate surface area is 152 Å². The van der Waals surface area contributed by atoms with Crippen LogP contribution < -0.4 is 10.9 Å². The molecule has 1 amide bonds. The van der Waals surface area contributed by atoms with Crippen molar-refractivity contribution < 1.29 is 14.5 Å². The number of fused-ring (bicyclic) bond motifs is 1. The first-order valence-corrected chi connectivity index (χ1v) is 7.89. The number of benzene rings is 2. The normalized spacial score (nSPS) is 10.6. The molecule has 0 aliphatic heterocycles. The molecule has 3 aromatic rings. The average molecular weight is 366 g/mol. The summed E-state index contributed by atoms with van der Waals surface area (Å²) < 4.78 is 1.07. The zero-order chi connectivity index (χ0) is 19.6. The predicted octanol–water partition coefficient (Wildman–Crippen LogP) is 2.15. The zero-order valence-corrected chi connectivity index (χ0v) is 14.2. The van der Waals surface area contributed by atoms with Gasteiger partial charge in [-0.3, -0.25) is 29.1 Å². The van der Waals surface area contributed by atoms with Gasteiger partial charge < -0.3 is 5.32 Å². The number of carbonyl (C=O) groups is 2. The Balaban J connectivity index is 1.85. The number of nitrogens with zero attached hydrogens (tertiary/aromatic N) is 3. The number of nitrogens with one attached hydrogen (secondary N) is 1. The van der Waals surface area contributed by atoms with Crippen LogP contribution in [0.1, 0.15) is 17.3 Å². The zero-order valence-electron chi connectivity index (χ0n) is 14.2. The molecule has 0 aliphatic rings. The fourth-order valence-corrected chi connectivity index (χ4v) is 2.54. The molecule has 1 N–H and O–H groups in total. The fraction of sp³-hybridized carbons (Fsp3) is 0.111. The number of rotatable bonds is 5. The Bertz CT molecular complexity index is 1140. The number of Topliss-reactive ketones (excluding diaryl/α,β-unsaturated/α-hetero) is 1. The Hall–Kier alpha value is -3.88. The molecule has 1 aromatic heterocycles. The van der Waals surface area contributed by atoms with Gasteiger partial charge in [0.2, 0.25) is 5.91 Å². The molecule has 3 rings (SSSR count). The summed E-state index contributed by atoms with van der Waals surface area (Å²) in [6.07, 6.45) is 1.21. The fourth-order valence-electron chi connectivity index (χ4n) is 2.54. The Kier molecular flexibility index (Phi) is 4.75. The minimum atomic E-state index is -0.606. The van der Waals surface area contributed by atoms with E-state index in [2.05, 4.69) is 10.3 Å². The van der Waals surface area contributed by atoms with Crippen LogP contribution in [-0.2, 0) is 11.3 Å². The second-order valence-electron chi connectivity index (χ2n) is 5.82. The van der Waals surface area contributed by atoms with Crippen molar-refractivity contribution >= 4 is 34.0 Å². The van der Waals surface area contributed by atoms with Crippen LogP contribution in [0.25, 0.3) is 10.9 Å². The first-order valence-electron chi connectivity index (χ1n) is 7.89. The van der Waals surface area contributed by atoms with Crippen molar-refractivity contribution in [2.24, 2.45) is 0 Å². The summed E-state index contributed by atoms with van der Waals surface area (Å²) in [6.45, 7) is 1.09. The van der Waals surface area contributed by atoms with Gasteiger partial charge in [-0.1, -0.05) is 12.1 Å². The lowest BCUT2D eigenvalue weighted by Crippen LogP contribution is -2.28. The van der Waals surface area contributed by atoms with Gasteiger partial charge in [-0.2, -0.15) is 0 Å². The minimum Gasteiger partial charge on any atom is -0.325 e. The van der Waals surface area contributed by atoms with Gasteiger partial charge in [-0.15, -0.1) is 0 Å². The first kappa shape index (κ1) is 17.9. The molecule has 0 saturated heterocycles. The number of amides is 1. The summed E-state index contributed by atoms with van der Waals surface area (Å²) in [5.41, 5.74) is 0.382. The number of non-ortho nitro benzene ring substituents is 1. The lowest BCUT2D eigenvalue weighted by molar-refractivity contribution is -0.384. The van der Waals surface area contributed by atoms with Gasteiger partial charge in [0, 0.05) is 23.4 Å². The Morgan fingerprint density at radius 1 is 1.22 bits per heavy atom. The molecule has 0 bridgehead atoms. The third-order valence-electron chi connectivity index (χ3n) is 3.89. The van der Waals surface area contributed by atoms with Crippen LogP contribution in [0, 0.1) is 10.1 Å². The minimum absolute atomic E-state index is 0.0538. The topological polar surface area (TPSA) is 124 Å². The summed E-state index contributed by atoms with van der Waals surface area (Å²) >= 11 is 0. The highest BCUT2D eigenvalue weighted by Gasteiger charge is 2.13. The van der Waals surface area contributed by atoms with E-state index < -0.39 is 16.4 Å². The van der Waals surface area contributed by atoms with Crippen LogP contribution in [0.4, 0.5) is 11.4 Å². The van der Waals surface area contributed by atoms with Crippen molar-refractivity contribution in [1.29, 1.82) is 0 Å². The number of aromatic nitrogens is 2. The molecule has 9 nitrogen and oxygen atoms in total. The summed E-state index contributed by atoms with van der Waals surface area (Å²) in [6, 6.07) is 10.2. The van der Waals surface area contributed by atoms with E-state index in [-0.39, 0.29) is 23.4 Å². The molecular formula is C18H14N4O5. The van der Waals surface area contributed by atoms with E-state index in [1.807, 2.05) is 0 Å². The van der Waals surface area contributed by atoms with Crippen molar-refractivity contribution in [2.45, 2.75) is 13.5 Å². The van der Waals surface area contributed by atoms with Crippen molar-refractivity contribution in [2.75, 3.05) is 5.32 Å². The summed E-state index contributed by atoms with van der Waals surface area (Å²) in [5.74, 6) is -0.632. The Morgan fingerprint density at radius 3 is 2.70 bits per heavy atom. The van der Waals surface area contributed by atoms with E-state index in [0.717, 1.165) is 10.6 Å². The highest BCUT2D eigenvalue weighted by Crippen LogP contribution is 2.16. The second-order valence-corrected chi connectivity index (χ2v) is 5.82. The van der Waals surface area contributed by atoms with Crippen molar-refractivity contribution in [3.8, 4) is 0 Å². The van der Waals surface area contributed by atoms with Crippen LogP contribution in [0.3, 0.4) is 0 Å². The standard InChI is InChI=1S/C18H14N4O5/c1-11(23)12-3-2-4-13(7-12)20-17(24)9-21-10-19-16-6-5-14(22(26)27)8-15(16)18(21)25/h2-8,10H,9H2,1H3,(H,20,24). The molecule has 9 heteroatoms. The number of nitro benzene ring substituents is 1. The van der Waals surface area contributed by atoms with Crippen LogP contribution in [-0.4, -0.2) is 26.2 Å². The van der Waals surface area contributed by atoms with Crippen molar-refractivity contribution in [1.82, 2.24) is 9.55 Å².